The van der Waals surface area contributed by atoms with Crippen LogP contribution in [0.2, 0.25) is 0 Å². The van der Waals surface area contributed by atoms with Gasteiger partial charge in [-0.15, -0.1) is 0 Å². The van der Waals surface area contributed by atoms with Crippen molar-refractivity contribution in [2.24, 2.45) is 5.92 Å². The molecule has 0 aromatic heterocycles. The largest absolute Gasteiger partial charge is 0.506 e. The number of amides is 3. The van der Waals surface area contributed by atoms with Gasteiger partial charge in [-0.05, 0) is 60.3 Å². The van der Waals surface area contributed by atoms with Crippen molar-refractivity contribution in [1.29, 1.82) is 0 Å². The van der Waals surface area contributed by atoms with Gasteiger partial charge in [-0.3, -0.25) is 9.69 Å². The normalized spacial score (nSPS) is 20.7. The average Bonchev–Trinajstić information content (AvgIpc) is 3.32. The first-order valence-electron chi connectivity index (χ1n) is 13.8. The predicted molar refractivity (Wildman–Crippen MR) is 150 cm³/mol. The number of aromatic hydroxyl groups is 1. The monoisotopic (exact) mass is 614 g/mol. The lowest BCUT2D eigenvalue weighted by atomic mass is 9.99. The van der Waals surface area contributed by atoms with Gasteiger partial charge >= 0.3 is 22.4 Å². The molecular weight excluding hydrogens is 575 g/mol. The molecule has 42 heavy (non-hydrogen) atoms. The Morgan fingerprint density at radius 1 is 1.12 bits per heavy atom. The van der Waals surface area contributed by atoms with E-state index in [-0.39, 0.29) is 30.1 Å². The quantitative estimate of drug-likeness (QED) is 0.509. The third-order valence-electron chi connectivity index (χ3n) is 6.92. The summed E-state index contributed by atoms with van der Waals surface area (Å²) in [7, 11) is -4.43. The smallest absolute Gasteiger partial charge is 0.415 e. The molecule has 3 heterocycles. The zero-order valence-electron chi connectivity index (χ0n) is 24.7. The molecule has 0 spiro atoms. The van der Waals surface area contributed by atoms with E-state index in [4.69, 9.17) is 14.2 Å². The number of rotatable bonds is 5. The Kier molecular flexibility index (Phi) is 8.57. The predicted octanol–water partition coefficient (Wildman–Crippen LogP) is 3.04. The maximum absolute atomic E-state index is 16.1. The van der Waals surface area contributed by atoms with Gasteiger partial charge < -0.3 is 24.2 Å². The van der Waals surface area contributed by atoms with Crippen LogP contribution < -0.4 is 13.9 Å². The van der Waals surface area contributed by atoms with Gasteiger partial charge in [0.25, 0.3) is 5.91 Å². The number of fused-ring (bicyclic) bond motifs is 1. The van der Waals surface area contributed by atoms with Crippen LogP contribution in [0.25, 0.3) is 0 Å². The highest BCUT2D eigenvalue weighted by Gasteiger charge is 2.44. The molecule has 2 fully saturated rings. The number of carbonyl (C=O) groups is 3. The molecule has 2 N–H and O–H groups in total. The van der Waals surface area contributed by atoms with E-state index in [1.54, 1.807) is 46.3 Å². The fraction of sp³-hybridized carbons (Fsp3) is 0.667. The van der Waals surface area contributed by atoms with Crippen molar-refractivity contribution in [3.05, 3.63) is 17.4 Å². The third-order valence-corrected chi connectivity index (χ3v) is 8.30. The van der Waals surface area contributed by atoms with Crippen LogP contribution in [0.15, 0.2) is 6.07 Å². The van der Waals surface area contributed by atoms with Crippen LogP contribution in [0.4, 0.5) is 25.4 Å². The zero-order valence-corrected chi connectivity index (χ0v) is 25.5. The molecule has 0 saturated carbocycles. The zero-order chi connectivity index (χ0) is 31.2. The van der Waals surface area contributed by atoms with Gasteiger partial charge in [0.1, 0.15) is 29.2 Å². The number of nitrogens with zero attached hydrogens (tertiary/aromatic N) is 3. The number of carbonyl (C=O) groups excluding carboxylic acids is 3. The molecule has 2 saturated heterocycles. The Labute approximate surface area is 245 Å². The third kappa shape index (κ3) is 7.00. The van der Waals surface area contributed by atoms with Crippen LogP contribution in [0.5, 0.6) is 5.75 Å². The van der Waals surface area contributed by atoms with Crippen molar-refractivity contribution in [1.82, 2.24) is 9.62 Å². The number of phenolic OH excluding ortho intramolecular Hbond substituents is 1. The van der Waals surface area contributed by atoms with Gasteiger partial charge in [0.05, 0.1) is 11.7 Å². The molecule has 1 aromatic carbocycles. The molecule has 1 atom stereocenters. The maximum atomic E-state index is 16.1. The Morgan fingerprint density at radius 2 is 1.74 bits per heavy atom. The van der Waals surface area contributed by atoms with Crippen LogP contribution in [0.1, 0.15) is 59.9 Å². The first-order chi connectivity index (χ1) is 19.4. The number of nitrogens with one attached hydrogen (secondary N) is 1. The van der Waals surface area contributed by atoms with Crippen LogP contribution in [0.3, 0.4) is 0 Å². The Hall–Kier alpha value is -3.33. The SMILES string of the molecule is CC(C)(C)OC(=O)N(CC1CCOCC1)C[C@H]1Cc2c(cc(O)c(N3CC(=O)NS3(=O)=O)c2F)N1C(=O)OC(C)(C)C. The first-order valence-corrected chi connectivity index (χ1v) is 15.3. The fourth-order valence-corrected chi connectivity index (χ4v) is 6.38. The lowest BCUT2D eigenvalue weighted by molar-refractivity contribution is -0.117. The van der Waals surface area contributed by atoms with Crippen molar-refractivity contribution in [3.63, 3.8) is 0 Å². The highest BCUT2D eigenvalue weighted by atomic mass is 32.2. The topological polar surface area (TPSA) is 155 Å². The number of benzene rings is 1. The number of hydrogen-bond donors (Lipinski definition) is 2. The summed E-state index contributed by atoms with van der Waals surface area (Å²) in [5.41, 5.74) is -2.52. The number of hydrogen-bond acceptors (Lipinski definition) is 9. The molecule has 3 aliphatic rings. The van der Waals surface area contributed by atoms with E-state index in [1.807, 2.05) is 0 Å². The summed E-state index contributed by atoms with van der Waals surface area (Å²) in [5.74, 6) is -2.66. The lowest BCUT2D eigenvalue weighted by Gasteiger charge is -2.35. The minimum absolute atomic E-state index is 0.0286. The van der Waals surface area contributed by atoms with Crippen LogP contribution in [0, 0.1) is 11.7 Å². The maximum Gasteiger partial charge on any atom is 0.415 e. The Bertz CT molecular complexity index is 1350. The van der Waals surface area contributed by atoms with E-state index in [9.17, 15) is 27.9 Å². The van der Waals surface area contributed by atoms with Crippen molar-refractivity contribution >= 4 is 39.7 Å². The fourth-order valence-electron chi connectivity index (χ4n) is 5.22. The highest BCUT2D eigenvalue weighted by Crippen LogP contribution is 2.45. The van der Waals surface area contributed by atoms with E-state index in [0.29, 0.717) is 24.1 Å². The summed E-state index contributed by atoms with van der Waals surface area (Å²) in [6.45, 7) is 10.8. The van der Waals surface area contributed by atoms with E-state index in [1.165, 1.54) is 9.80 Å². The molecule has 13 nitrogen and oxygen atoms in total. The van der Waals surface area contributed by atoms with Gasteiger partial charge in [-0.1, -0.05) is 0 Å². The number of halogens is 1. The molecule has 4 rings (SSSR count). The molecule has 1 aromatic rings. The van der Waals surface area contributed by atoms with E-state index in [2.05, 4.69) is 0 Å². The van der Waals surface area contributed by atoms with E-state index < -0.39 is 69.3 Å². The summed E-state index contributed by atoms with van der Waals surface area (Å²) < 4.78 is 59.9. The van der Waals surface area contributed by atoms with Gasteiger partial charge in [-0.25, -0.2) is 23.0 Å². The molecule has 3 amide bonds. The van der Waals surface area contributed by atoms with Crippen molar-refractivity contribution in [2.45, 2.75) is 78.0 Å². The average molecular weight is 615 g/mol. The number of anilines is 2. The van der Waals surface area contributed by atoms with E-state index in [0.717, 1.165) is 18.9 Å². The van der Waals surface area contributed by atoms with Gasteiger partial charge in [0, 0.05) is 44.4 Å². The second kappa shape index (κ2) is 11.4. The van der Waals surface area contributed by atoms with Crippen LogP contribution >= 0.6 is 0 Å². The van der Waals surface area contributed by atoms with Gasteiger partial charge in [0.2, 0.25) is 0 Å². The summed E-state index contributed by atoms with van der Waals surface area (Å²) >= 11 is 0. The molecule has 0 radical (unpaired) electrons. The molecule has 0 aliphatic carbocycles. The second-order valence-corrected chi connectivity index (χ2v) is 14.3. The summed E-state index contributed by atoms with van der Waals surface area (Å²) in [5, 5.41) is 10.8. The Balaban J connectivity index is 1.74. The molecule has 0 bridgehead atoms. The second-order valence-electron chi connectivity index (χ2n) is 12.7. The summed E-state index contributed by atoms with van der Waals surface area (Å²) in [6, 6.07) is 0.230. The standard InChI is InChI=1S/C27H39FN4O9S/c1-26(2,3)40-24(35)30(13-16-7-9-39-10-8-16)14-17-11-18-19(32(17)25(36)41-27(4,5)6)12-20(33)23(22(18)28)31-15-21(34)29-42(31,37)38/h12,16-17,33H,7-11,13-15H2,1-6H3,(H,29,34)/t17-/m1/s1. The molecular formula is C27H39FN4O9S. The molecule has 234 valence electrons. The summed E-state index contributed by atoms with van der Waals surface area (Å²) in [6.07, 6.45) is -0.119. The molecule has 15 heteroatoms. The molecule has 0 unspecified atom stereocenters. The van der Waals surface area contributed by atoms with E-state index >= 15 is 4.39 Å². The van der Waals surface area contributed by atoms with Crippen molar-refractivity contribution in [3.8, 4) is 5.75 Å². The minimum atomic E-state index is -4.43. The van der Waals surface area contributed by atoms with Gasteiger partial charge in [0.15, 0.2) is 5.82 Å². The Morgan fingerprint density at radius 3 is 2.29 bits per heavy atom. The van der Waals surface area contributed by atoms with Crippen molar-refractivity contribution in [2.75, 3.05) is 42.1 Å². The minimum Gasteiger partial charge on any atom is -0.506 e. The van der Waals surface area contributed by atoms with Crippen LogP contribution in [-0.2, 0) is 35.6 Å². The van der Waals surface area contributed by atoms with Crippen LogP contribution in [-0.4, -0.2) is 86.6 Å². The number of ether oxygens (including phenoxy) is 3. The molecule has 3 aliphatic heterocycles. The highest BCUT2D eigenvalue weighted by molar-refractivity contribution is 7.92. The first kappa shape index (κ1) is 31.6. The lowest BCUT2D eigenvalue weighted by Crippen LogP contribution is -2.50. The summed E-state index contributed by atoms with van der Waals surface area (Å²) in [4.78, 5) is 41.3. The number of phenols is 1. The van der Waals surface area contributed by atoms with Gasteiger partial charge in [-0.2, -0.15) is 8.42 Å². The van der Waals surface area contributed by atoms with Crippen molar-refractivity contribution < 1.29 is 46.5 Å².